The summed E-state index contributed by atoms with van der Waals surface area (Å²) in [6, 6.07) is 16.2. The minimum absolute atomic E-state index is 0.0491. The van der Waals surface area contributed by atoms with E-state index in [-0.39, 0.29) is 24.5 Å². The van der Waals surface area contributed by atoms with Crippen molar-refractivity contribution in [3.05, 3.63) is 82.4 Å². The summed E-state index contributed by atoms with van der Waals surface area (Å²) in [6.45, 7) is 3.41. The highest BCUT2D eigenvalue weighted by molar-refractivity contribution is 5.87. The molecule has 0 radical (unpaired) electrons. The number of carbonyl (C=O) groups is 1. The fraction of sp³-hybridized carbons (Fsp3) is 0.231. The van der Waals surface area contributed by atoms with E-state index in [2.05, 4.69) is 20.6 Å². The van der Waals surface area contributed by atoms with Crippen LogP contribution in [-0.4, -0.2) is 50.8 Å². The van der Waals surface area contributed by atoms with Crippen LogP contribution in [-0.2, 0) is 9.53 Å². The molecule has 0 aliphatic heterocycles. The van der Waals surface area contributed by atoms with Gasteiger partial charge in [0.05, 0.1) is 41.8 Å². The molecule has 2 aromatic heterocycles. The predicted molar refractivity (Wildman–Crippen MR) is 133 cm³/mol. The van der Waals surface area contributed by atoms with E-state index >= 15 is 0 Å². The van der Waals surface area contributed by atoms with E-state index in [1.807, 2.05) is 25.1 Å². The maximum Gasteiger partial charge on any atom is 0.313 e. The molecule has 36 heavy (non-hydrogen) atoms. The molecule has 0 spiro atoms. The Labute approximate surface area is 206 Å². The molecule has 0 aliphatic rings. The van der Waals surface area contributed by atoms with Gasteiger partial charge in [-0.1, -0.05) is 18.2 Å². The van der Waals surface area contributed by atoms with Gasteiger partial charge in [0.15, 0.2) is 5.82 Å². The van der Waals surface area contributed by atoms with Crippen LogP contribution in [0.15, 0.2) is 65.5 Å². The Bertz CT molecular complexity index is 1410. The molecule has 0 amide bonds. The van der Waals surface area contributed by atoms with E-state index in [4.69, 9.17) is 4.74 Å². The van der Waals surface area contributed by atoms with Crippen LogP contribution in [0.4, 0.5) is 10.2 Å². The highest BCUT2D eigenvalue weighted by Gasteiger charge is 2.23. The number of H-pyrrole nitrogens is 1. The molecule has 186 valence electrons. The van der Waals surface area contributed by atoms with Gasteiger partial charge in [-0.2, -0.15) is 14.9 Å². The van der Waals surface area contributed by atoms with Crippen molar-refractivity contribution in [1.82, 2.24) is 20.0 Å². The van der Waals surface area contributed by atoms with Crippen LogP contribution in [0.5, 0.6) is 0 Å². The van der Waals surface area contributed by atoms with Crippen LogP contribution in [0.2, 0.25) is 0 Å². The summed E-state index contributed by atoms with van der Waals surface area (Å²) in [4.78, 5) is 24.8. The van der Waals surface area contributed by atoms with Crippen molar-refractivity contribution in [1.29, 1.82) is 0 Å². The van der Waals surface area contributed by atoms with Crippen LogP contribution < -0.4 is 10.9 Å². The Morgan fingerprint density at radius 3 is 2.61 bits per heavy atom. The maximum atomic E-state index is 13.6. The minimum atomic E-state index is -0.808. The number of esters is 1. The molecule has 0 bridgehead atoms. The van der Waals surface area contributed by atoms with Crippen LogP contribution >= 0.6 is 0 Å². The lowest BCUT2D eigenvalue weighted by Gasteiger charge is -2.15. The van der Waals surface area contributed by atoms with Crippen molar-refractivity contribution in [2.75, 3.05) is 25.1 Å². The summed E-state index contributed by atoms with van der Waals surface area (Å²) in [5.74, 6) is -1.38. The van der Waals surface area contributed by atoms with Crippen LogP contribution in [0, 0.1) is 18.7 Å². The average molecular weight is 492 g/mol. The number of para-hydroxylation sites is 1. The van der Waals surface area contributed by atoms with E-state index in [1.54, 1.807) is 31.2 Å². The molecular weight excluding hydrogens is 465 g/mol. The molecule has 2 aromatic carbocycles. The first kappa shape index (κ1) is 24.8. The number of carbonyl (C=O) groups excluding carboxylic acids is 1. The van der Waals surface area contributed by atoms with Gasteiger partial charge in [-0.3, -0.25) is 14.7 Å². The zero-order valence-electron chi connectivity index (χ0n) is 19.9. The summed E-state index contributed by atoms with van der Waals surface area (Å²) in [5.41, 5.74) is 3.32. The topological polar surface area (TPSA) is 122 Å². The van der Waals surface area contributed by atoms with E-state index in [0.29, 0.717) is 34.0 Å². The number of ether oxygens (including phenoxy) is 1. The second-order valence-corrected chi connectivity index (χ2v) is 8.10. The number of aliphatic hydroxyl groups excluding tert-OH is 1. The van der Waals surface area contributed by atoms with Crippen molar-refractivity contribution in [3.8, 4) is 28.2 Å². The van der Waals surface area contributed by atoms with Gasteiger partial charge < -0.3 is 15.2 Å². The number of halogens is 1. The van der Waals surface area contributed by atoms with Crippen molar-refractivity contribution < 1.29 is 19.0 Å². The van der Waals surface area contributed by atoms with Gasteiger partial charge in [0.2, 0.25) is 0 Å². The molecule has 4 rings (SSSR count). The normalized spacial score (nSPS) is 11.8. The smallest absolute Gasteiger partial charge is 0.313 e. The molecule has 1 atom stereocenters. The molecule has 0 saturated heterocycles. The molecule has 1 unspecified atom stereocenters. The van der Waals surface area contributed by atoms with E-state index in [0.717, 1.165) is 5.56 Å². The van der Waals surface area contributed by atoms with Crippen LogP contribution in [0.3, 0.4) is 0 Å². The lowest BCUT2D eigenvalue weighted by molar-refractivity contribution is -0.148. The van der Waals surface area contributed by atoms with Gasteiger partial charge in [-0.05, 0) is 55.8 Å². The number of nitrogens with zero attached hydrogens (tertiary/aromatic N) is 3. The van der Waals surface area contributed by atoms with Crippen LogP contribution in [0.1, 0.15) is 12.5 Å². The first-order chi connectivity index (χ1) is 17.4. The first-order valence-electron chi connectivity index (χ1n) is 11.4. The third-order valence-electron chi connectivity index (χ3n) is 5.66. The molecule has 9 nitrogen and oxygen atoms in total. The standard InChI is InChI=1S/C26H26FN5O4/c1-3-36-26(35)18(15-33)14-28-25-23(24(29-30-25)17-8-10-19(27)11-9-17)20-12-13-22(34)32(31-20)21-7-5-4-6-16(21)2/h4-13,18,33H,3,14-15H2,1-2H3,(H2,28,29,30). The van der Waals surface area contributed by atoms with Crippen molar-refractivity contribution in [2.45, 2.75) is 13.8 Å². The van der Waals surface area contributed by atoms with Gasteiger partial charge in [0.25, 0.3) is 5.56 Å². The number of hydrogen-bond donors (Lipinski definition) is 3. The lowest BCUT2D eigenvalue weighted by atomic mass is 10.0. The summed E-state index contributed by atoms with van der Waals surface area (Å²) in [5, 5.41) is 24.7. The Morgan fingerprint density at radius 2 is 1.92 bits per heavy atom. The number of aliphatic hydroxyl groups is 1. The largest absolute Gasteiger partial charge is 0.466 e. The quantitative estimate of drug-likeness (QED) is 0.307. The molecule has 3 N–H and O–H groups in total. The molecule has 0 fully saturated rings. The van der Waals surface area contributed by atoms with E-state index < -0.39 is 18.5 Å². The van der Waals surface area contributed by atoms with Gasteiger partial charge in [-0.25, -0.2) is 4.39 Å². The Balaban J connectivity index is 1.80. The molecule has 0 aliphatic carbocycles. The summed E-state index contributed by atoms with van der Waals surface area (Å²) in [6.07, 6.45) is 0. The number of rotatable bonds is 9. The van der Waals surface area contributed by atoms with Crippen molar-refractivity contribution >= 4 is 11.8 Å². The summed E-state index contributed by atoms with van der Waals surface area (Å²) >= 11 is 0. The van der Waals surface area contributed by atoms with Crippen molar-refractivity contribution in [2.24, 2.45) is 5.92 Å². The van der Waals surface area contributed by atoms with E-state index in [9.17, 15) is 19.1 Å². The molecule has 10 heteroatoms. The number of aromatic amines is 1. The minimum Gasteiger partial charge on any atom is -0.466 e. The molecule has 4 aromatic rings. The maximum absolute atomic E-state index is 13.6. The van der Waals surface area contributed by atoms with Crippen LogP contribution in [0.25, 0.3) is 28.2 Å². The molecule has 2 heterocycles. The second kappa shape index (κ2) is 11.0. The zero-order chi connectivity index (χ0) is 25.7. The number of benzene rings is 2. The summed E-state index contributed by atoms with van der Waals surface area (Å²) in [7, 11) is 0. The number of nitrogens with one attached hydrogen (secondary N) is 2. The van der Waals surface area contributed by atoms with Gasteiger partial charge in [-0.15, -0.1) is 0 Å². The average Bonchev–Trinajstić information content (AvgIpc) is 3.30. The number of anilines is 1. The zero-order valence-corrected chi connectivity index (χ0v) is 19.9. The Kier molecular flexibility index (Phi) is 7.55. The lowest BCUT2D eigenvalue weighted by Crippen LogP contribution is -2.28. The third kappa shape index (κ3) is 5.18. The highest BCUT2D eigenvalue weighted by Crippen LogP contribution is 2.35. The predicted octanol–water partition coefficient (Wildman–Crippen LogP) is 3.32. The second-order valence-electron chi connectivity index (χ2n) is 8.10. The fourth-order valence-electron chi connectivity index (χ4n) is 3.77. The first-order valence-corrected chi connectivity index (χ1v) is 11.4. The monoisotopic (exact) mass is 491 g/mol. The summed E-state index contributed by atoms with van der Waals surface area (Å²) < 4.78 is 19.9. The van der Waals surface area contributed by atoms with E-state index in [1.165, 1.54) is 22.9 Å². The van der Waals surface area contributed by atoms with Gasteiger partial charge >= 0.3 is 5.97 Å². The third-order valence-corrected chi connectivity index (χ3v) is 5.66. The number of aryl methyl sites for hydroxylation is 1. The Hall–Kier alpha value is -4.31. The van der Waals surface area contributed by atoms with Gasteiger partial charge in [0, 0.05) is 18.2 Å². The molecular formula is C26H26FN5O4. The van der Waals surface area contributed by atoms with Crippen molar-refractivity contribution in [3.63, 3.8) is 0 Å². The Morgan fingerprint density at radius 1 is 1.17 bits per heavy atom. The number of aromatic nitrogens is 4. The molecule has 0 saturated carbocycles. The highest BCUT2D eigenvalue weighted by atomic mass is 19.1. The fourth-order valence-corrected chi connectivity index (χ4v) is 3.77. The SMILES string of the molecule is CCOC(=O)C(CO)CNc1n[nH]c(-c2ccc(F)cc2)c1-c1ccc(=O)n(-c2ccccc2C)n1. The van der Waals surface area contributed by atoms with Gasteiger partial charge in [0.1, 0.15) is 5.82 Å². The number of hydrogen-bond acceptors (Lipinski definition) is 7.